The average Bonchev–Trinajstić information content (AvgIpc) is 1.87. The smallest absolute Gasteiger partial charge is 0.308 e. The number of halogens is 1. The molecule has 0 aliphatic rings. The summed E-state index contributed by atoms with van der Waals surface area (Å²) in [6.45, 7) is 5.76. The Morgan fingerprint density at radius 3 is 2.18 bits per heavy atom. The molecule has 0 aromatic heterocycles. The fourth-order valence-corrected chi connectivity index (χ4v) is 0.382. The lowest BCUT2D eigenvalue weighted by Gasteiger charge is -2.11. The molecule has 11 heavy (non-hydrogen) atoms. The van der Waals surface area contributed by atoms with E-state index in [1.807, 2.05) is 0 Å². The van der Waals surface area contributed by atoms with Crippen molar-refractivity contribution in [3.05, 3.63) is 0 Å². The molecule has 0 heterocycles. The monoisotopic (exact) mass is 181 g/mol. The first-order valence-electron chi connectivity index (χ1n) is 3.48. The largest absolute Gasteiger partial charge is 0.461 e. The van der Waals surface area contributed by atoms with Crippen LogP contribution in [0, 0.1) is 5.92 Å². The second-order valence-electron chi connectivity index (χ2n) is 2.64. The molecule has 0 bridgehead atoms. The van der Waals surface area contributed by atoms with Crippen LogP contribution in [0.25, 0.3) is 0 Å². The minimum atomic E-state index is -0.182. The van der Waals surface area contributed by atoms with Crippen LogP contribution in [-0.2, 0) is 9.53 Å². The third kappa shape index (κ3) is 6.13. The van der Waals surface area contributed by atoms with Gasteiger partial charge < -0.3 is 10.5 Å². The van der Waals surface area contributed by atoms with Crippen molar-refractivity contribution in [2.45, 2.75) is 26.9 Å². The quantitative estimate of drug-likeness (QED) is 0.660. The number of nitrogens with two attached hydrogens (primary N) is 1. The van der Waals surface area contributed by atoms with Crippen molar-refractivity contribution >= 4 is 18.4 Å². The van der Waals surface area contributed by atoms with Crippen LogP contribution in [0.3, 0.4) is 0 Å². The van der Waals surface area contributed by atoms with Gasteiger partial charge in [-0.15, -0.1) is 12.4 Å². The molecule has 0 amide bonds. The van der Waals surface area contributed by atoms with Crippen LogP contribution in [0.4, 0.5) is 0 Å². The zero-order valence-electron chi connectivity index (χ0n) is 7.16. The summed E-state index contributed by atoms with van der Waals surface area (Å²) in [5, 5.41) is 0. The Balaban J connectivity index is 0. The Kier molecular flexibility index (Phi) is 7.79. The molecule has 4 heteroatoms. The predicted octanol–water partition coefficient (Wildman–Crippen LogP) is 0.955. The van der Waals surface area contributed by atoms with E-state index in [9.17, 15) is 4.79 Å². The van der Waals surface area contributed by atoms with Crippen molar-refractivity contribution in [1.82, 2.24) is 0 Å². The maximum Gasteiger partial charge on any atom is 0.308 e. The molecule has 68 valence electrons. The van der Waals surface area contributed by atoms with Gasteiger partial charge in [-0.2, -0.15) is 0 Å². The molecule has 2 N–H and O–H groups in total. The first kappa shape index (κ1) is 13.3. The second kappa shape index (κ2) is 6.43. The number of rotatable bonds is 3. The number of hydrogen-bond acceptors (Lipinski definition) is 3. The van der Waals surface area contributed by atoms with Crippen LogP contribution in [0.15, 0.2) is 0 Å². The maximum absolute atomic E-state index is 10.8. The molecule has 0 aromatic carbocycles. The summed E-state index contributed by atoms with van der Waals surface area (Å²) in [6.07, 6.45) is -0.158. The molecular weight excluding hydrogens is 166 g/mol. The van der Waals surface area contributed by atoms with Crippen molar-refractivity contribution in [2.24, 2.45) is 11.7 Å². The zero-order chi connectivity index (χ0) is 8.15. The van der Waals surface area contributed by atoms with E-state index < -0.39 is 0 Å². The van der Waals surface area contributed by atoms with Crippen LogP contribution in [0.5, 0.6) is 0 Å². The van der Waals surface area contributed by atoms with E-state index in [2.05, 4.69) is 0 Å². The minimum absolute atomic E-state index is 0. The molecule has 0 saturated heterocycles. The molecule has 0 fully saturated rings. The van der Waals surface area contributed by atoms with Crippen molar-refractivity contribution in [1.29, 1.82) is 0 Å². The van der Waals surface area contributed by atoms with E-state index in [0.717, 1.165) is 0 Å². The number of ether oxygens (including phenoxy) is 1. The van der Waals surface area contributed by atoms with Gasteiger partial charge in [-0.1, -0.05) is 13.8 Å². The molecule has 3 nitrogen and oxygen atoms in total. The lowest BCUT2D eigenvalue weighted by Crippen LogP contribution is -2.25. The maximum atomic E-state index is 10.8. The summed E-state index contributed by atoms with van der Waals surface area (Å²) >= 11 is 0. The lowest BCUT2D eigenvalue weighted by molar-refractivity contribution is -0.151. The summed E-state index contributed by atoms with van der Waals surface area (Å²) in [5.41, 5.74) is 5.24. The van der Waals surface area contributed by atoms with Crippen LogP contribution in [-0.4, -0.2) is 18.6 Å². The first-order chi connectivity index (χ1) is 4.57. The number of carbonyl (C=O) groups excluding carboxylic acids is 1. The summed E-state index contributed by atoms with van der Waals surface area (Å²) in [6, 6.07) is 0. The summed E-state index contributed by atoms with van der Waals surface area (Å²) < 4.78 is 4.90. The molecule has 0 radical (unpaired) electrons. The minimum Gasteiger partial charge on any atom is -0.461 e. The van der Waals surface area contributed by atoms with Gasteiger partial charge >= 0.3 is 5.97 Å². The van der Waals surface area contributed by atoms with Gasteiger partial charge in [0.2, 0.25) is 0 Å². The SMILES string of the molecule is CC(C)C(=O)O[C@H](C)CN.Cl. The van der Waals surface area contributed by atoms with E-state index in [4.69, 9.17) is 10.5 Å². The number of esters is 1. The molecule has 0 aliphatic heterocycles. The summed E-state index contributed by atoms with van der Waals surface area (Å²) in [4.78, 5) is 10.8. The third-order valence-corrected chi connectivity index (χ3v) is 1.12. The standard InChI is InChI=1S/C7H15NO2.ClH/c1-5(2)7(9)10-6(3)4-8;/h5-6H,4,8H2,1-3H3;1H/t6-;/m1./s1. The van der Waals surface area contributed by atoms with E-state index in [0.29, 0.717) is 6.54 Å². The normalized spacial score (nSPS) is 12.1. The molecular formula is C7H16ClNO2. The zero-order valence-corrected chi connectivity index (χ0v) is 7.98. The Bertz CT molecular complexity index is 117. The Morgan fingerprint density at radius 2 is 1.91 bits per heavy atom. The topological polar surface area (TPSA) is 52.3 Å². The van der Waals surface area contributed by atoms with Gasteiger partial charge in [0.25, 0.3) is 0 Å². The van der Waals surface area contributed by atoms with Crippen LogP contribution >= 0.6 is 12.4 Å². The third-order valence-electron chi connectivity index (χ3n) is 1.12. The molecule has 0 rings (SSSR count). The van der Waals surface area contributed by atoms with E-state index in [1.165, 1.54) is 0 Å². The molecule has 0 aromatic rings. The highest BCUT2D eigenvalue weighted by Crippen LogP contribution is 1.98. The summed E-state index contributed by atoms with van der Waals surface area (Å²) in [5.74, 6) is -0.244. The average molecular weight is 182 g/mol. The highest BCUT2D eigenvalue weighted by atomic mass is 35.5. The fraction of sp³-hybridized carbons (Fsp3) is 0.857. The Morgan fingerprint density at radius 1 is 1.45 bits per heavy atom. The van der Waals surface area contributed by atoms with Crippen molar-refractivity contribution in [2.75, 3.05) is 6.54 Å². The van der Waals surface area contributed by atoms with E-state index in [-0.39, 0.29) is 30.4 Å². The predicted molar refractivity (Wildman–Crippen MR) is 46.7 cm³/mol. The Hall–Kier alpha value is -0.280. The highest BCUT2D eigenvalue weighted by Gasteiger charge is 2.10. The van der Waals surface area contributed by atoms with Crippen LogP contribution in [0.1, 0.15) is 20.8 Å². The molecule has 0 saturated carbocycles. The number of carbonyl (C=O) groups is 1. The molecule has 0 spiro atoms. The fourth-order valence-electron chi connectivity index (χ4n) is 0.382. The molecule has 1 atom stereocenters. The molecule has 0 unspecified atom stereocenters. The van der Waals surface area contributed by atoms with Gasteiger partial charge in [-0.25, -0.2) is 0 Å². The first-order valence-corrected chi connectivity index (χ1v) is 3.48. The van der Waals surface area contributed by atoms with Crippen molar-refractivity contribution in [3.8, 4) is 0 Å². The van der Waals surface area contributed by atoms with Crippen LogP contribution < -0.4 is 5.73 Å². The summed E-state index contributed by atoms with van der Waals surface area (Å²) in [7, 11) is 0. The lowest BCUT2D eigenvalue weighted by atomic mass is 10.2. The van der Waals surface area contributed by atoms with E-state index >= 15 is 0 Å². The van der Waals surface area contributed by atoms with Gasteiger partial charge in [0, 0.05) is 6.54 Å². The number of hydrogen-bond donors (Lipinski definition) is 1. The van der Waals surface area contributed by atoms with Gasteiger partial charge in [-0.05, 0) is 6.92 Å². The van der Waals surface area contributed by atoms with Crippen molar-refractivity contribution < 1.29 is 9.53 Å². The molecule has 0 aliphatic carbocycles. The van der Waals surface area contributed by atoms with Gasteiger partial charge in [0.1, 0.15) is 6.10 Å². The Labute approximate surface area is 73.7 Å². The van der Waals surface area contributed by atoms with Gasteiger partial charge in [-0.3, -0.25) is 4.79 Å². The van der Waals surface area contributed by atoms with Crippen molar-refractivity contribution in [3.63, 3.8) is 0 Å². The van der Waals surface area contributed by atoms with Gasteiger partial charge in [0.15, 0.2) is 0 Å². The second-order valence-corrected chi connectivity index (χ2v) is 2.64. The van der Waals surface area contributed by atoms with Crippen LogP contribution in [0.2, 0.25) is 0 Å². The highest BCUT2D eigenvalue weighted by molar-refractivity contribution is 5.85. The van der Waals surface area contributed by atoms with Gasteiger partial charge in [0.05, 0.1) is 5.92 Å². The van der Waals surface area contributed by atoms with E-state index in [1.54, 1.807) is 20.8 Å².